The number of ether oxygens (including phenoxy) is 1. The number of benzene rings is 1. The zero-order chi connectivity index (χ0) is 13.7. The average molecular weight is 262 g/mol. The summed E-state index contributed by atoms with van der Waals surface area (Å²) < 4.78 is 4.51. The van der Waals surface area contributed by atoms with Crippen LogP contribution in [0.5, 0.6) is 0 Å². The van der Waals surface area contributed by atoms with Crippen molar-refractivity contribution in [1.82, 2.24) is 4.90 Å². The van der Waals surface area contributed by atoms with Crippen LogP contribution in [0.25, 0.3) is 0 Å². The van der Waals surface area contributed by atoms with Crippen LogP contribution >= 0.6 is 0 Å². The summed E-state index contributed by atoms with van der Waals surface area (Å²) in [7, 11) is 1.32. The van der Waals surface area contributed by atoms with E-state index in [1.54, 1.807) is 12.1 Å². The van der Waals surface area contributed by atoms with Crippen molar-refractivity contribution in [3.8, 4) is 0 Å². The standard InChI is InChI=1S/C14H18N2O3/c1-19-14(18)15-12-6-4-11(5-7-12)10-13(17)16-8-2-3-9-16/h4-7H,2-3,8-10H2,1H3,(H,15,18). The van der Waals surface area contributed by atoms with Gasteiger partial charge in [-0.1, -0.05) is 12.1 Å². The number of hydrogen-bond donors (Lipinski definition) is 1. The number of carbonyl (C=O) groups is 2. The van der Waals surface area contributed by atoms with E-state index >= 15 is 0 Å². The number of amides is 2. The van der Waals surface area contributed by atoms with Crippen LogP contribution in [0.2, 0.25) is 0 Å². The molecule has 102 valence electrons. The molecule has 1 heterocycles. The molecule has 1 aliphatic heterocycles. The molecule has 0 saturated carbocycles. The Bertz CT molecular complexity index is 450. The number of nitrogens with one attached hydrogen (secondary N) is 1. The van der Waals surface area contributed by atoms with E-state index in [-0.39, 0.29) is 5.91 Å². The van der Waals surface area contributed by atoms with Gasteiger partial charge in [-0.05, 0) is 30.5 Å². The monoisotopic (exact) mass is 262 g/mol. The van der Waals surface area contributed by atoms with Gasteiger partial charge in [0.1, 0.15) is 0 Å². The van der Waals surface area contributed by atoms with Crippen LogP contribution in [0.15, 0.2) is 24.3 Å². The van der Waals surface area contributed by atoms with Crippen molar-refractivity contribution >= 4 is 17.7 Å². The third kappa shape index (κ3) is 3.71. The van der Waals surface area contributed by atoms with Crippen molar-refractivity contribution in [1.29, 1.82) is 0 Å². The van der Waals surface area contributed by atoms with E-state index in [0.717, 1.165) is 31.5 Å². The second kappa shape index (κ2) is 6.22. The van der Waals surface area contributed by atoms with Crippen LogP contribution in [-0.2, 0) is 16.0 Å². The number of likely N-dealkylation sites (tertiary alicyclic amines) is 1. The van der Waals surface area contributed by atoms with E-state index in [1.807, 2.05) is 17.0 Å². The summed E-state index contributed by atoms with van der Waals surface area (Å²) >= 11 is 0. The molecule has 19 heavy (non-hydrogen) atoms. The van der Waals surface area contributed by atoms with Gasteiger partial charge in [-0.25, -0.2) is 4.79 Å². The molecule has 0 bridgehead atoms. The Kier molecular flexibility index (Phi) is 4.39. The minimum absolute atomic E-state index is 0.172. The van der Waals surface area contributed by atoms with Gasteiger partial charge in [0.2, 0.25) is 5.91 Å². The zero-order valence-electron chi connectivity index (χ0n) is 11.0. The molecule has 1 saturated heterocycles. The van der Waals surface area contributed by atoms with E-state index in [1.165, 1.54) is 7.11 Å². The van der Waals surface area contributed by atoms with Gasteiger partial charge in [0.05, 0.1) is 13.5 Å². The fourth-order valence-corrected chi connectivity index (χ4v) is 2.13. The maximum atomic E-state index is 12.0. The molecule has 1 fully saturated rings. The number of methoxy groups -OCH3 is 1. The lowest BCUT2D eigenvalue weighted by molar-refractivity contribution is -0.129. The molecule has 0 radical (unpaired) electrons. The fraction of sp³-hybridized carbons (Fsp3) is 0.429. The highest BCUT2D eigenvalue weighted by atomic mass is 16.5. The van der Waals surface area contributed by atoms with Gasteiger partial charge in [0.25, 0.3) is 0 Å². The Morgan fingerprint density at radius 3 is 2.42 bits per heavy atom. The van der Waals surface area contributed by atoms with Gasteiger partial charge in [-0.15, -0.1) is 0 Å². The topological polar surface area (TPSA) is 58.6 Å². The first-order valence-corrected chi connectivity index (χ1v) is 6.41. The molecule has 1 N–H and O–H groups in total. The van der Waals surface area contributed by atoms with E-state index in [4.69, 9.17) is 0 Å². The molecule has 0 atom stereocenters. The summed E-state index contributed by atoms with van der Waals surface area (Å²) in [4.78, 5) is 24.9. The maximum absolute atomic E-state index is 12.0. The Morgan fingerprint density at radius 2 is 1.84 bits per heavy atom. The summed E-state index contributed by atoms with van der Waals surface area (Å²) in [5.74, 6) is 0.172. The van der Waals surface area contributed by atoms with Crippen molar-refractivity contribution < 1.29 is 14.3 Å². The molecule has 1 aliphatic rings. The van der Waals surface area contributed by atoms with Crippen LogP contribution < -0.4 is 5.32 Å². The zero-order valence-corrected chi connectivity index (χ0v) is 11.0. The lowest BCUT2D eigenvalue weighted by Crippen LogP contribution is -2.29. The molecule has 0 aromatic heterocycles. The molecule has 1 aromatic rings. The number of anilines is 1. The highest BCUT2D eigenvalue weighted by Gasteiger charge is 2.17. The third-order valence-electron chi connectivity index (χ3n) is 3.20. The normalized spacial score (nSPS) is 14.3. The SMILES string of the molecule is COC(=O)Nc1ccc(CC(=O)N2CCCC2)cc1. The fourth-order valence-electron chi connectivity index (χ4n) is 2.13. The van der Waals surface area contributed by atoms with Gasteiger partial charge >= 0.3 is 6.09 Å². The Balaban J connectivity index is 1.91. The van der Waals surface area contributed by atoms with Crippen LogP contribution in [-0.4, -0.2) is 37.1 Å². The molecule has 0 unspecified atom stereocenters. The number of carbonyl (C=O) groups excluding carboxylic acids is 2. The van der Waals surface area contributed by atoms with Gasteiger partial charge in [0.15, 0.2) is 0 Å². The van der Waals surface area contributed by atoms with Gasteiger partial charge < -0.3 is 9.64 Å². The summed E-state index contributed by atoms with van der Waals surface area (Å²) in [6.45, 7) is 1.75. The molecule has 2 amide bonds. The average Bonchev–Trinajstić information content (AvgIpc) is 2.95. The van der Waals surface area contributed by atoms with E-state index in [9.17, 15) is 9.59 Å². The van der Waals surface area contributed by atoms with E-state index in [0.29, 0.717) is 12.1 Å². The van der Waals surface area contributed by atoms with Crippen molar-refractivity contribution in [2.75, 3.05) is 25.5 Å². The van der Waals surface area contributed by atoms with Crippen molar-refractivity contribution in [2.24, 2.45) is 0 Å². The first-order chi connectivity index (χ1) is 9.19. The largest absolute Gasteiger partial charge is 0.453 e. The lowest BCUT2D eigenvalue weighted by atomic mass is 10.1. The summed E-state index contributed by atoms with van der Waals surface area (Å²) in [5.41, 5.74) is 1.61. The third-order valence-corrected chi connectivity index (χ3v) is 3.20. The van der Waals surface area contributed by atoms with Crippen LogP contribution in [0.3, 0.4) is 0 Å². The Labute approximate surface area is 112 Å². The molecule has 2 rings (SSSR count). The smallest absolute Gasteiger partial charge is 0.411 e. The van der Waals surface area contributed by atoms with E-state index in [2.05, 4.69) is 10.1 Å². The number of rotatable bonds is 3. The van der Waals surface area contributed by atoms with Crippen molar-refractivity contribution in [3.05, 3.63) is 29.8 Å². The highest BCUT2D eigenvalue weighted by Crippen LogP contribution is 2.13. The lowest BCUT2D eigenvalue weighted by Gasteiger charge is -2.15. The first-order valence-electron chi connectivity index (χ1n) is 6.41. The molecule has 5 heteroatoms. The second-order valence-electron chi connectivity index (χ2n) is 4.58. The molecular formula is C14H18N2O3. The highest BCUT2D eigenvalue weighted by molar-refractivity contribution is 5.84. The summed E-state index contributed by atoms with van der Waals surface area (Å²) in [6.07, 6.45) is 2.13. The molecule has 0 spiro atoms. The van der Waals surface area contributed by atoms with Crippen LogP contribution in [0.4, 0.5) is 10.5 Å². The molecule has 0 aliphatic carbocycles. The summed E-state index contributed by atoms with van der Waals surface area (Å²) in [6, 6.07) is 7.23. The van der Waals surface area contributed by atoms with Crippen LogP contribution in [0.1, 0.15) is 18.4 Å². The molecule has 5 nitrogen and oxygen atoms in total. The van der Waals surface area contributed by atoms with Crippen molar-refractivity contribution in [3.63, 3.8) is 0 Å². The van der Waals surface area contributed by atoms with Gasteiger partial charge in [0, 0.05) is 18.8 Å². The van der Waals surface area contributed by atoms with Gasteiger partial charge in [-0.3, -0.25) is 10.1 Å². The van der Waals surface area contributed by atoms with E-state index < -0.39 is 6.09 Å². The minimum Gasteiger partial charge on any atom is -0.453 e. The second-order valence-corrected chi connectivity index (χ2v) is 4.58. The van der Waals surface area contributed by atoms with Crippen LogP contribution in [0, 0.1) is 0 Å². The quantitative estimate of drug-likeness (QED) is 0.906. The number of nitrogens with zero attached hydrogens (tertiary/aromatic N) is 1. The maximum Gasteiger partial charge on any atom is 0.411 e. The summed E-state index contributed by atoms with van der Waals surface area (Å²) in [5, 5.41) is 2.57. The van der Waals surface area contributed by atoms with Crippen molar-refractivity contribution in [2.45, 2.75) is 19.3 Å². The number of hydrogen-bond acceptors (Lipinski definition) is 3. The minimum atomic E-state index is -0.499. The predicted molar refractivity (Wildman–Crippen MR) is 72.0 cm³/mol. The Hall–Kier alpha value is -2.04. The molecule has 1 aromatic carbocycles. The first kappa shape index (κ1) is 13.4. The van der Waals surface area contributed by atoms with Gasteiger partial charge in [-0.2, -0.15) is 0 Å². The Morgan fingerprint density at radius 1 is 1.21 bits per heavy atom. The molecular weight excluding hydrogens is 244 g/mol. The predicted octanol–water partition coefficient (Wildman–Crippen LogP) is 2.03.